The number of nitrogens with one attached hydrogen (secondary N) is 2. The summed E-state index contributed by atoms with van der Waals surface area (Å²) in [5.74, 6) is 2.46. The minimum Gasteiger partial charge on any atom is -0.493 e. The minimum atomic E-state index is 0.448. The Balaban J connectivity index is 1.30. The normalized spacial score (nSPS) is 24.6. The second-order valence-corrected chi connectivity index (χ2v) is 8.84. The standard InChI is InChI=1S/C24H38N4O/c1-2-25-24(26-18-19-14-17-29-23-11-7-6-10-22(19)23)27-20-12-15-28(16-13-20)21-8-4-3-5-9-21/h6-7,10-11,19-21H,2-5,8-9,12-18H2,1H3,(H2,25,26,27). The Morgan fingerprint density at radius 2 is 1.86 bits per heavy atom. The van der Waals surface area contributed by atoms with E-state index in [-0.39, 0.29) is 0 Å². The first-order valence-corrected chi connectivity index (χ1v) is 11.8. The van der Waals surface area contributed by atoms with Crippen LogP contribution < -0.4 is 15.4 Å². The number of aliphatic imine (C=N–C) groups is 1. The van der Waals surface area contributed by atoms with Gasteiger partial charge in [-0.1, -0.05) is 37.5 Å². The molecule has 1 atom stereocenters. The Kier molecular flexibility index (Phi) is 7.31. The molecule has 2 fully saturated rings. The second-order valence-electron chi connectivity index (χ2n) is 8.84. The smallest absolute Gasteiger partial charge is 0.191 e. The van der Waals surface area contributed by atoms with Gasteiger partial charge in [-0.2, -0.15) is 0 Å². The average Bonchev–Trinajstić information content (AvgIpc) is 2.79. The molecule has 4 rings (SSSR count). The zero-order valence-electron chi connectivity index (χ0n) is 18.0. The summed E-state index contributed by atoms with van der Waals surface area (Å²) >= 11 is 0. The predicted molar refractivity (Wildman–Crippen MR) is 120 cm³/mol. The van der Waals surface area contributed by atoms with Crippen LogP contribution in [0.4, 0.5) is 0 Å². The lowest BCUT2D eigenvalue weighted by atomic mass is 9.92. The molecule has 5 heteroatoms. The zero-order chi connectivity index (χ0) is 19.9. The van der Waals surface area contributed by atoms with E-state index in [0.29, 0.717) is 12.0 Å². The number of ether oxygens (including phenoxy) is 1. The quantitative estimate of drug-likeness (QED) is 0.583. The molecule has 1 unspecified atom stereocenters. The molecular weight excluding hydrogens is 360 g/mol. The zero-order valence-corrected chi connectivity index (χ0v) is 18.0. The SMILES string of the molecule is CCNC(=NCC1CCOc2ccccc21)NC1CCN(C2CCCCC2)CC1. The van der Waals surface area contributed by atoms with Gasteiger partial charge in [0.15, 0.2) is 5.96 Å². The van der Waals surface area contributed by atoms with Gasteiger partial charge in [0, 0.05) is 44.2 Å². The number of piperidine rings is 1. The van der Waals surface area contributed by atoms with Crippen molar-refractivity contribution in [3.63, 3.8) is 0 Å². The first kappa shape index (κ1) is 20.5. The van der Waals surface area contributed by atoms with Crippen molar-refractivity contribution in [1.29, 1.82) is 0 Å². The van der Waals surface area contributed by atoms with E-state index >= 15 is 0 Å². The maximum absolute atomic E-state index is 5.81. The number of hydrogen-bond acceptors (Lipinski definition) is 3. The molecule has 29 heavy (non-hydrogen) atoms. The predicted octanol–water partition coefficient (Wildman–Crippen LogP) is 3.90. The number of fused-ring (bicyclic) bond motifs is 1. The van der Waals surface area contributed by atoms with Gasteiger partial charge in [-0.05, 0) is 50.7 Å². The number of rotatable bonds is 5. The number of hydrogen-bond donors (Lipinski definition) is 2. The van der Waals surface area contributed by atoms with Gasteiger partial charge in [0.25, 0.3) is 0 Å². The first-order chi connectivity index (χ1) is 14.3. The summed E-state index contributed by atoms with van der Waals surface area (Å²) in [5, 5.41) is 7.19. The number of likely N-dealkylation sites (tertiary alicyclic amines) is 1. The van der Waals surface area contributed by atoms with Crippen molar-refractivity contribution in [1.82, 2.24) is 15.5 Å². The van der Waals surface area contributed by atoms with Gasteiger partial charge in [0.05, 0.1) is 6.61 Å². The molecule has 1 aliphatic carbocycles. The summed E-state index contributed by atoms with van der Waals surface area (Å²) in [6.07, 6.45) is 10.6. The first-order valence-electron chi connectivity index (χ1n) is 11.8. The van der Waals surface area contributed by atoms with Gasteiger partial charge in [0.2, 0.25) is 0 Å². The number of benzene rings is 1. The van der Waals surface area contributed by atoms with Gasteiger partial charge >= 0.3 is 0 Å². The van der Waals surface area contributed by atoms with Crippen molar-refractivity contribution in [2.24, 2.45) is 4.99 Å². The van der Waals surface area contributed by atoms with Crippen LogP contribution in [-0.4, -0.2) is 55.7 Å². The summed E-state index contributed by atoms with van der Waals surface area (Å²) < 4.78 is 5.81. The molecule has 0 bridgehead atoms. The van der Waals surface area contributed by atoms with E-state index in [4.69, 9.17) is 9.73 Å². The average molecular weight is 399 g/mol. The number of nitrogens with zero attached hydrogens (tertiary/aromatic N) is 2. The van der Waals surface area contributed by atoms with Gasteiger partial charge < -0.3 is 20.3 Å². The van der Waals surface area contributed by atoms with Gasteiger partial charge in [0.1, 0.15) is 5.75 Å². The van der Waals surface area contributed by atoms with Crippen molar-refractivity contribution in [3.05, 3.63) is 29.8 Å². The summed E-state index contributed by atoms with van der Waals surface area (Å²) in [6, 6.07) is 9.81. The number of para-hydroxylation sites is 1. The molecule has 3 aliphatic rings. The third-order valence-electron chi connectivity index (χ3n) is 6.86. The Morgan fingerprint density at radius 1 is 1.07 bits per heavy atom. The van der Waals surface area contributed by atoms with Crippen LogP contribution in [0.15, 0.2) is 29.3 Å². The van der Waals surface area contributed by atoms with E-state index in [1.165, 1.54) is 63.6 Å². The molecule has 2 N–H and O–H groups in total. The highest BCUT2D eigenvalue weighted by Crippen LogP contribution is 2.33. The molecule has 160 valence electrons. The van der Waals surface area contributed by atoms with Crippen LogP contribution >= 0.6 is 0 Å². The van der Waals surface area contributed by atoms with Crippen LogP contribution in [-0.2, 0) is 0 Å². The van der Waals surface area contributed by atoms with Crippen molar-refractivity contribution in [3.8, 4) is 5.75 Å². The summed E-state index contributed by atoms with van der Waals surface area (Å²) in [6.45, 7) is 7.12. The molecule has 0 amide bonds. The van der Waals surface area contributed by atoms with Crippen molar-refractivity contribution in [2.75, 3.05) is 32.8 Å². The van der Waals surface area contributed by atoms with E-state index in [2.05, 4.69) is 46.7 Å². The molecule has 0 spiro atoms. The topological polar surface area (TPSA) is 48.9 Å². The van der Waals surface area contributed by atoms with E-state index in [0.717, 1.165) is 43.9 Å². The molecule has 2 aliphatic heterocycles. The van der Waals surface area contributed by atoms with E-state index in [1.807, 2.05) is 0 Å². The largest absolute Gasteiger partial charge is 0.493 e. The third kappa shape index (κ3) is 5.44. The summed E-state index contributed by atoms with van der Waals surface area (Å²) in [7, 11) is 0. The Hall–Kier alpha value is -1.75. The van der Waals surface area contributed by atoms with Gasteiger partial charge in [-0.3, -0.25) is 4.99 Å². The molecule has 1 saturated carbocycles. The lowest BCUT2D eigenvalue weighted by Crippen LogP contribution is -2.51. The Morgan fingerprint density at radius 3 is 2.66 bits per heavy atom. The summed E-state index contributed by atoms with van der Waals surface area (Å²) in [4.78, 5) is 7.71. The second kappa shape index (κ2) is 10.3. The fourth-order valence-corrected chi connectivity index (χ4v) is 5.18. The summed E-state index contributed by atoms with van der Waals surface area (Å²) in [5.41, 5.74) is 1.30. The minimum absolute atomic E-state index is 0.448. The Labute approximate surface area is 176 Å². The van der Waals surface area contributed by atoms with Crippen LogP contribution in [0.1, 0.15) is 69.8 Å². The van der Waals surface area contributed by atoms with Gasteiger partial charge in [-0.15, -0.1) is 0 Å². The molecule has 5 nitrogen and oxygen atoms in total. The highest BCUT2D eigenvalue weighted by atomic mass is 16.5. The Bertz CT molecular complexity index is 663. The van der Waals surface area contributed by atoms with Gasteiger partial charge in [-0.25, -0.2) is 0 Å². The third-order valence-corrected chi connectivity index (χ3v) is 6.86. The lowest BCUT2D eigenvalue weighted by molar-refractivity contribution is 0.119. The van der Waals surface area contributed by atoms with Crippen molar-refractivity contribution >= 4 is 5.96 Å². The fraction of sp³-hybridized carbons (Fsp3) is 0.708. The maximum atomic E-state index is 5.81. The maximum Gasteiger partial charge on any atom is 0.191 e. The lowest BCUT2D eigenvalue weighted by Gasteiger charge is -2.39. The highest BCUT2D eigenvalue weighted by molar-refractivity contribution is 5.80. The van der Waals surface area contributed by atoms with E-state index in [9.17, 15) is 0 Å². The number of guanidine groups is 1. The van der Waals surface area contributed by atoms with Crippen LogP contribution in [0, 0.1) is 0 Å². The van der Waals surface area contributed by atoms with E-state index in [1.54, 1.807) is 0 Å². The van der Waals surface area contributed by atoms with Crippen LogP contribution in [0.5, 0.6) is 5.75 Å². The molecule has 0 aromatic heterocycles. The molecule has 1 aromatic rings. The van der Waals surface area contributed by atoms with Crippen LogP contribution in [0.25, 0.3) is 0 Å². The molecule has 1 aromatic carbocycles. The molecule has 1 saturated heterocycles. The monoisotopic (exact) mass is 398 g/mol. The molecular formula is C24H38N4O. The van der Waals surface area contributed by atoms with Crippen LogP contribution in [0.2, 0.25) is 0 Å². The molecule has 0 radical (unpaired) electrons. The van der Waals surface area contributed by atoms with Crippen LogP contribution in [0.3, 0.4) is 0 Å². The van der Waals surface area contributed by atoms with Crippen molar-refractivity contribution < 1.29 is 4.74 Å². The molecule has 2 heterocycles. The van der Waals surface area contributed by atoms with Crippen molar-refractivity contribution in [2.45, 2.75) is 76.3 Å². The fourth-order valence-electron chi connectivity index (χ4n) is 5.18. The van der Waals surface area contributed by atoms with E-state index < -0.39 is 0 Å². The highest BCUT2D eigenvalue weighted by Gasteiger charge is 2.27.